The molecule has 0 saturated carbocycles. The summed E-state index contributed by atoms with van der Waals surface area (Å²) in [5.41, 5.74) is 1.06. The SMILES string of the molecule is CCCCOc1ccc(C2C(=C(O)c3cccc(OCC)c3)C(=O)C(=O)N2CCCn2ccnc2)cc1OC. The number of aliphatic hydroxyl groups excluding tert-OH is 1. The van der Waals surface area contributed by atoms with Gasteiger partial charge in [0.25, 0.3) is 11.7 Å². The molecule has 9 nitrogen and oxygen atoms in total. The van der Waals surface area contributed by atoms with Crippen molar-refractivity contribution in [3.63, 3.8) is 0 Å². The average molecular weight is 534 g/mol. The van der Waals surface area contributed by atoms with Gasteiger partial charge in [0.1, 0.15) is 11.5 Å². The van der Waals surface area contributed by atoms with E-state index >= 15 is 0 Å². The Hall–Kier alpha value is -4.27. The molecule has 1 N–H and O–H groups in total. The highest BCUT2D eigenvalue weighted by Gasteiger charge is 2.46. The standard InChI is InChI=1S/C30H35N3O6/c1-4-6-17-39-24-12-11-21(19-25(24)37-3)27-26(28(34)22-9-7-10-23(18-22)38-5-2)29(35)30(36)33(27)15-8-14-32-16-13-31-20-32/h7,9-13,16,18-20,27,34H,4-6,8,14-15,17H2,1-3H3. The number of ketones is 1. The minimum absolute atomic E-state index is 0.0259. The average Bonchev–Trinajstić information content (AvgIpc) is 3.55. The molecular weight excluding hydrogens is 498 g/mol. The number of hydrogen-bond acceptors (Lipinski definition) is 7. The fraction of sp³-hybridized carbons (Fsp3) is 0.367. The third-order valence-electron chi connectivity index (χ3n) is 6.59. The molecule has 1 saturated heterocycles. The zero-order chi connectivity index (χ0) is 27.8. The van der Waals surface area contributed by atoms with Gasteiger partial charge in [0.05, 0.1) is 38.3 Å². The summed E-state index contributed by atoms with van der Waals surface area (Å²) in [7, 11) is 1.55. The van der Waals surface area contributed by atoms with Crippen LogP contribution in [-0.2, 0) is 16.1 Å². The topological polar surface area (TPSA) is 103 Å². The number of carbonyl (C=O) groups is 2. The van der Waals surface area contributed by atoms with Crippen molar-refractivity contribution in [3.8, 4) is 17.2 Å². The number of methoxy groups -OCH3 is 1. The Morgan fingerprint density at radius 1 is 1.03 bits per heavy atom. The molecule has 1 fully saturated rings. The van der Waals surface area contributed by atoms with E-state index < -0.39 is 17.7 Å². The largest absolute Gasteiger partial charge is 0.507 e. The number of hydrogen-bond donors (Lipinski definition) is 1. The molecule has 1 aliphatic rings. The molecule has 1 unspecified atom stereocenters. The van der Waals surface area contributed by atoms with E-state index in [9.17, 15) is 14.7 Å². The number of aryl methyl sites for hydroxylation is 1. The third-order valence-corrected chi connectivity index (χ3v) is 6.59. The van der Waals surface area contributed by atoms with Crippen LogP contribution in [0.25, 0.3) is 5.76 Å². The van der Waals surface area contributed by atoms with Gasteiger partial charge in [-0.3, -0.25) is 9.59 Å². The van der Waals surface area contributed by atoms with Crippen molar-refractivity contribution < 1.29 is 28.9 Å². The van der Waals surface area contributed by atoms with Gasteiger partial charge in [0, 0.05) is 31.0 Å². The molecule has 1 aliphatic heterocycles. The second-order valence-corrected chi connectivity index (χ2v) is 9.22. The summed E-state index contributed by atoms with van der Waals surface area (Å²) in [4.78, 5) is 32.3. The number of aliphatic hydroxyl groups is 1. The first-order valence-electron chi connectivity index (χ1n) is 13.3. The van der Waals surface area contributed by atoms with E-state index in [0.29, 0.717) is 61.1 Å². The number of benzene rings is 2. The van der Waals surface area contributed by atoms with Crippen LogP contribution in [-0.4, -0.2) is 58.1 Å². The maximum Gasteiger partial charge on any atom is 0.295 e. The van der Waals surface area contributed by atoms with Gasteiger partial charge in [-0.25, -0.2) is 4.98 Å². The highest BCUT2D eigenvalue weighted by atomic mass is 16.5. The van der Waals surface area contributed by atoms with Gasteiger partial charge in [-0.2, -0.15) is 0 Å². The van der Waals surface area contributed by atoms with E-state index in [4.69, 9.17) is 14.2 Å². The number of rotatable bonds is 13. The first kappa shape index (κ1) is 27.8. The molecule has 2 heterocycles. The Morgan fingerprint density at radius 3 is 2.59 bits per heavy atom. The number of nitrogens with zero attached hydrogens (tertiary/aromatic N) is 3. The summed E-state index contributed by atoms with van der Waals surface area (Å²) in [6.07, 6.45) is 7.74. The van der Waals surface area contributed by atoms with Crippen molar-refractivity contribution in [1.82, 2.24) is 14.5 Å². The number of aromatic nitrogens is 2. The highest BCUT2D eigenvalue weighted by molar-refractivity contribution is 6.46. The summed E-state index contributed by atoms with van der Waals surface area (Å²) in [6.45, 7) is 5.89. The maximum atomic E-state index is 13.4. The fourth-order valence-corrected chi connectivity index (χ4v) is 4.66. The molecule has 1 aromatic heterocycles. The second-order valence-electron chi connectivity index (χ2n) is 9.22. The maximum absolute atomic E-state index is 13.4. The van der Waals surface area contributed by atoms with Gasteiger partial charge in [-0.1, -0.05) is 31.5 Å². The van der Waals surface area contributed by atoms with Gasteiger partial charge < -0.3 is 28.8 Å². The monoisotopic (exact) mass is 533 g/mol. The van der Waals surface area contributed by atoms with Crippen LogP contribution in [0.2, 0.25) is 0 Å². The summed E-state index contributed by atoms with van der Waals surface area (Å²) >= 11 is 0. The molecule has 4 rings (SSSR count). The highest BCUT2D eigenvalue weighted by Crippen LogP contribution is 2.42. The molecule has 206 valence electrons. The second kappa shape index (κ2) is 13.0. The lowest BCUT2D eigenvalue weighted by molar-refractivity contribution is -0.139. The Balaban J connectivity index is 1.75. The van der Waals surface area contributed by atoms with E-state index in [-0.39, 0.29) is 11.3 Å². The molecule has 0 radical (unpaired) electrons. The Morgan fingerprint density at radius 2 is 1.87 bits per heavy atom. The van der Waals surface area contributed by atoms with Crippen LogP contribution in [0, 0.1) is 0 Å². The van der Waals surface area contributed by atoms with Crippen LogP contribution in [0.4, 0.5) is 0 Å². The minimum Gasteiger partial charge on any atom is -0.507 e. The summed E-state index contributed by atoms with van der Waals surface area (Å²) in [5, 5.41) is 11.4. The lowest BCUT2D eigenvalue weighted by atomic mass is 9.95. The third kappa shape index (κ3) is 6.25. The van der Waals surface area contributed by atoms with Crippen LogP contribution in [0.5, 0.6) is 17.2 Å². The fourth-order valence-electron chi connectivity index (χ4n) is 4.66. The number of amides is 1. The minimum atomic E-state index is -0.804. The van der Waals surface area contributed by atoms with Gasteiger partial charge in [-0.15, -0.1) is 0 Å². The zero-order valence-electron chi connectivity index (χ0n) is 22.6. The molecule has 0 bridgehead atoms. The Labute approximate surface area is 228 Å². The van der Waals surface area contributed by atoms with Crippen LogP contribution < -0.4 is 14.2 Å². The van der Waals surface area contributed by atoms with Crippen LogP contribution >= 0.6 is 0 Å². The zero-order valence-corrected chi connectivity index (χ0v) is 22.6. The van der Waals surface area contributed by atoms with Gasteiger partial charge in [0.2, 0.25) is 0 Å². The van der Waals surface area contributed by atoms with E-state index in [2.05, 4.69) is 11.9 Å². The van der Waals surface area contributed by atoms with Gasteiger partial charge in [-0.05, 0) is 49.6 Å². The number of unbranched alkanes of at least 4 members (excludes halogenated alkanes) is 1. The number of carbonyl (C=O) groups excluding carboxylic acids is 2. The van der Waals surface area contributed by atoms with Crippen molar-refractivity contribution in [2.24, 2.45) is 0 Å². The normalized spacial score (nSPS) is 16.5. The van der Waals surface area contributed by atoms with Crippen molar-refractivity contribution in [2.75, 3.05) is 26.9 Å². The van der Waals surface area contributed by atoms with Gasteiger partial charge in [0.15, 0.2) is 11.5 Å². The summed E-state index contributed by atoms with van der Waals surface area (Å²) < 4.78 is 19.0. The first-order chi connectivity index (χ1) is 19.0. The Kier molecular flexibility index (Phi) is 9.25. The van der Waals surface area contributed by atoms with Gasteiger partial charge >= 0.3 is 0 Å². The predicted molar refractivity (Wildman–Crippen MR) is 147 cm³/mol. The van der Waals surface area contributed by atoms with Crippen LogP contribution in [0.3, 0.4) is 0 Å². The molecule has 39 heavy (non-hydrogen) atoms. The molecular formula is C30H35N3O6. The van der Waals surface area contributed by atoms with E-state index in [1.165, 1.54) is 4.90 Å². The lowest BCUT2D eigenvalue weighted by Gasteiger charge is -2.26. The number of likely N-dealkylation sites (tertiary alicyclic amines) is 1. The molecule has 0 spiro atoms. The summed E-state index contributed by atoms with van der Waals surface area (Å²) in [5.74, 6) is -0.0103. The van der Waals surface area contributed by atoms with Crippen LogP contribution in [0.1, 0.15) is 50.3 Å². The molecule has 1 atom stereocenters. The van der Waals surface area contributed by atoms with Crippen molar-refractivity contribution in [2.45, 2.75) is 45.7 Å². The van der Waals surface area contributed by atoms with E-state index in [0.717, 1.165) is 12.8 Å². The quantitative estimate of drug-likeness (QED) is 0.143. The molecule has 0 aliphatic carbocycles. The summed E-state index contributed by atoms with van der Waals surface area (Å²) in [6, 6.07) is 11.4. The first-order valence-corrected chi connectivity index (χ1v) is 13.3. The number of imidazole rings is 1. The number of ether oxygens (including phenoxy) is 3. The van der Waals surface area contributed by atoms with Crippen molar-refractivity contribution in [3.05, 3.63) is 77.9 Å². The Bertz CT molecular complexity index is 1320. The molecule has 3 aromatic rings. The van der Waals surface area contributed by atoms with E-state index in [1.54, 1.807) is 56.0 Å². The van der Waals surface area contributed by atoms with Crippen molar-refractivity contribution >= 4 is 17.4 Å². The molecule has 1 amide bonds. The molecule has 2 aromatic carbocycles. The number of Topliss-reactive ketones (excluding diaryl/α,β-unsaturated/α-hetero) is 1. The van der Waals surface area contributed by atoms with Crippen molar-refractivity contribution in [1.29, 1.82) is 0 Å². The molecule has 9 heteroatoms. The van der Waals surface area contributed by atoms with Crippen LogP contribution in [0.15, 0.2) is 66.8 Å². The smallest absolute Gasteiger partial charge is 0.295 e. The lowest BCUT2D eigenvalue weighted by Crippen LogP contribution is -2.31. The predicted octanol–water partition coefficient (Wildman–Crippen LogP) is 4.98. The van der Waals surface area contributed by atoms with E-state index in [1.807, 2.05) is 23.8 Å².